The topological polar surface area (TPSA) is 124 Å². The molecule has 0 bridgehead atoms. The van der Waals surface area contributed by atoms with Gasteiger partial charge in [-0.3, -0.25) is 5.73 Å². The van der Waals surface area contributed by atoms with Crippen LogP contribution < -0.4 is 5.73 Å². The molecule has 0 amide bonds. The van der Waals surface area contributed by atoms with Crippen molar-refractivity contribution < 1.29 is 27.8 Å². The lowest BCUT2D eigenvalue weighted by Crippen LogP contribution is -2.30. The lowest BCUT2D eigenvalue weighted by Gasteiger charge is -2.18. The highest BCUT2D eigenvalue weighted by molar-refractivity contribution is 7.69. The van der Waals surface area contributed by atoms with E-state index in [2.05, 4.69) is 9.99 Å². The fraction of sp³-hybridized carbons (Fsp3) is 0.875. The van der Waals surface area contributed by atoms with Crippen molar-refractivity contribution in [3.8, 4) is 0 Å². The Kier molecular flexibility index (Phi) is 9.50. The largest absolute Gasteiger partial charge is 0.481 e. The van der Waals surface area contributed by atoms with Gasteiger partial charge in [0.25, 0.3) is 6.41 Å². The third-order valence-electron chi connectivity index (χ3n) is 1.92. The van der Waals surface area contributed by atoms with Crippen LogP contribution in [0.25, 0.3) is 0 Å². The highest BCUT2D eigenvalue weighted by atomic mass is 32.2. The number of methoxy groups -OCH3 is 1. The highest BCUT2D eigenvalue weighted by Gasteiger charge is 2.11. The van der Waals surface area contributed by atoms with E-state index in [1.54, 1.807) is 0 Å². The molecule has 0 saturated carbocycles. The molecule has 0 aromatic rings. The number of nitrogens with zero attached hydrogens (tertiary/aromatic N) is 2. The second kappa shape index (κ2) is 10.0. The summed E-state index contributed by atoms with van der Waals surface area (Å²) in [6, 6.07) is 0. The number of nitrogens with two attached hydrogens (primary N) is 1. The number of aliphatic hydroxyl groups excluding tert-OH is 1. The van der Waals surface area contributed by atoms with Crippen molar-refractivity contribution in [2.75, 3.05) is 27.3 Å². The number of hydrogen-bond donors (Lipinski definition) is 3. The molecule has 0 aliphatic carbocycles. The predicted octanol–water partition coefficient (Wildman–Crippen LogP) is -1.94. The van der Waals surface area contributed by atoms with Crippen molar-refractivity contribution >= 4 is 17.3 Å². The Balaban J connectivity index is 3.77. The van der Waals surface area contributed by atoms with Crippen molar-refractivity contribution in [1.29, 1.82) is 0 Å². The SMILES string of the molecule is CO[C@@H](CCO/C=N/OC(N)O)CN(C)[SH](=O)=O. The molecule has 2 atom stereocenters. The van der Waals surface area contributed by atoms with Gasteiger partial charge in [-0.2, -0.15) is 0 Å². The van der Waals surface area contributed by atoms with E-state index in [0.717, 1.165) is 10.7 Å². The third kappa shape index (κ3) is 9.13. The van der Waals surface area contributed by atoms with Crippen LogP contribution in [0.1, 0.15) is 6.42 Å². The first-order chi connectivity index (χ1) is 8.47. The molecule has 0 fully saturated rings. The van der Waals surface area contributed by atoms with Gasteiger partial charge in [-0.1, -0.05) is 5.16 Å². The number of hydrogen-bond acceptors (Lipinski definition) is 8. The maximum atomic E-state index is 10.6. The van der Waals surface area contributed by atoms with E-state index in [4.69, 9.17) is 20.3 Å². The Morgan fingerprint density at radius 2 is 2.22 bits per heavy atom. The molecule has 9 nitrogen and oxygen atoms in total. The van der Waals surface area contributed by atoms with E-state index in [1.165, 1.54) is 14.2 Å². The van der Waals surface area contributed by atoms with Gasteiger partial charge in [-0.05, 0) is 0 Å². The quantitative estimate of drug-likeness (QED) is 0.106. The number of likely N-dealkylation sites (N-methyl/N-ethyl adjacent to an activating group) is 1. The van der Waals surface area contributed by atoms with Crippen molar-refractivity contribution in [3.05, 3.63) is 0 Å². The summed E-state index contributed by atoms with van der Waals surface area (Å²) in [5, 5.41) is 11.7. The summed E-state index contributed by atoms with van der Waals surface area (Å²) >= 11 is 0. The van der Waals surface area contributed by atoms with Gasteiger partial charge in [0, 0.05) is 27.1 Å². The Hall–Kier alpha value is -0.940. The standard InChI is InChI=1S/C8H19N3O6S/c1-11(18(13)14)5-7(15-2)3-4-16-6-10-17-8(9)12/h6-8,12,18H,3-5,9H2,1-2H3/b10-6+/t7-,8?/m0/s1. The molecule has 0 aromatic carbocycles. The highest BCUT2D eigenvalue weighted by Crippen LogP contribution is 2.00. The summed E-state index contributed by atoms with van der Waals surface area (Å²) in [4.78, 5) is 4.23. The van der Waals surface area contributed by atoms with Crippen molar-refractivity contribution in [3.63, 3.8) is 0 Å². The van der Waals surface area contributed by atoms with Crippen LogP contribution in [-0.4, -0.2) is 64.1 Å². The first-order valence-corrected chi connectivity index (χ1v) is 6.21. The molecule has 18 heavy (non-hydrogen) atoms. The van der Waals surface area contributed by atoms with Gasteiger partial charge < -0.3 is 19.4 Å². The van der Waals surface area contributed by atoms with Crippen LogP contribution in [0.3, 0.4) is 0 Å². The summed E-state index contributed by atoms with van der Waals surface area (Å²) in [6.07, 6.45) is -0.308. The zero-order valence-electron chi connectivity index (χ0n) is 10.3. The summed E-state index contributed by atoms with van der Waals surface area (Å²) in [5.41, 5.74) is 4.84. The number of thiol groups is 1. The molecule has 1 unspecified atom stereocenters. The Bertz CT molecular complexity index is 301. The summed E-state index contributed by atoms with van der Waals surface area (Å²) in [7, 11) is 0.332. The van der Waals surface area contributed by atoms with Crippen molar-refractivity contribution in [2.45, 2.75) is 18.9 Å². The first-order valence-electron chi connectivity index (χ1n) is 5.08. The molecule has 108 valence electrons. The molecule has 10 heteroatoms. The molecule has 0 aliphatic rings. The maximum Gasteiger partial charge on any atom is 0.279 e. The van der Waals surface area contributed by atoms with Crippen LogP contribution >= 0.6 is 0 Å². The molecular formula is C8H19N3O6S. The smallest absolute Gasteiger partial charge is 0.279 e. The van der Waals surface area contributed by atoms with Gasteiger partial charge >= 0.3 is 0 Å². The van der Waals surface area contributed by atoms with Crippen LogP contribution in [0.15, 0.2) is 5.16 Å². The van der Waals surface area contributed by atoms with Crippen LogP contribution in [0.4, 0.5) is 0 Å². The Morgan fingerprint density at radius 1 is 1.56 bits per heavy atom. The number of ether oxygens (including phenoxy) is 2. The van der Waals surface area contributed by atoms with Crippen LogP contribution in [-0.2, 0) is 25.2 Å². The van der Waals surface area contributed by atoms with Crippen molar-refractivity contribution in [2.24, 2.45) is 10.9 Å². The molecule has 0 heterocycles. The van der Waals surface area contributed by atoms with Gasteiger partial charge in [-0.25, -0.2) is 12.7 Å². The summed E-state index contributed by atoms with van der Waals surface area (Å²) < 4.78 is 32.4. The van der Waals surface area contributed by atoms with Crippen LogP contribution in [0.2, 0.25) is 0 Å². The van der Waals surface area contributed by atoms with E-state index in [1.807, 2.05) is 0 Å². The molecule has 0 radical (unpaired) electrons. The zero-order valence-corrected chi connectivity index (χ0v) is 11.2. The molecule has 3 N–H and O–H groups in total. The molecular weight excluding hydrogens is 266 g/mol. The average molecular weight is 285 g/mol. The van der Waals surface area contributed by atoms with Crippen molar-refractivity contribution in [1.82, 2.24) is 4.31 Å². The maximum absolute atomic E-state index is 10.6. The van der Waals surface area contributed by atoms with Gasteiger partial charge in [0.2, 0.25) is 17.3 Å². The van der Waals surface area contributed by atoms with Crippen LogP contribution in [0.5, 0.6) is 0 Å². The Morgan fingerprint density at radius 3 is 2.72 bits per heavy atom. The molecule has 0 saturated heterocycles. The molecule has 0 rings (SSSR count). The second-order valence-electron chi connectivity index (χ2n) is 3.30. The first kappa shape index (κ1) is 17.1. The van der Waals surface area contributed by atoms with E-state index < -0.39 is 17.3 Å². The average Bonchev–Trinajstić information content (AvgIpc) is 2.31. The minimum Gasteiger partial charge on any atom is -0.481 e. The summed E-state index contributed by atoms with van der Waals surface area (Å²) in [6.45, 7) is 0.503. The van der Waals surface area contributed by atoms with Gasteiger partial charge in [-0.15, -0.1) is 0 Å². The summed E-state index contributed by atoms with van der Waals surface area (Å²) in [5.74, 6) is 0. The minimum atomic E-state index is -2.61. The fourth-order valence-electron chi connectivity index (χ4n) is 1.01. The third-order valence-corrected chi connectivity index (χ3v) is 2.64. The number of aliphatic hydroxyl groups is 1. The van der Waals surface area contributed by atoms with Gasteiger partial charge in [0.1, 0.15) is 0 Å². The zero-order chi connectivity index (χ0) is 14.0. The fourth-order valence-corrected chi connectivity index (χ4v) is 1.33. The molecule has 0 aliphatic heterocycles. The predicted molar refractivity (Wildman–Crippen MR) is 64.1 cm³/mol. The molecule has 0 aromatic heterocycles. The number of rotatable bonds is 10. The van der Waals surface area contributed by atoms with Gasteiger partial charge in [0.15, 0.2) is 0 Å². The van der Waals surface area contributed by atoms with Crippen LogP contribution in [0, 0.1) is 0 Å². The lowest BCUT2D eigenvalue weighted by atomic mass is 10.2. The Labute approximate surface area is 107 Å². The van der Waals surface area contributed by atoms with E-state index >= 15 is 0 Å². The number of oxime groups is 1. The van der Waals surface area contributed by atoms with E-state index in [0.29, 0.717) is 6.42 Å². The molecule has 0 spiro atoms. The van der Waals surface area contributed by atoms with E-state index in [9.17, 15) is 8.42 Å². The van der Waals surface area contributed by atoms with E-state index in [-0.39, 0.29) is 19.3 Å². The van der Waals surface area contributed by atoms with Gasteiger partial charge in [0.05, 0.1) is 12.7 Å². The monoisotopic (exact) mass is 285 g/mol. The normalized spacial score (nSPS) is 15.2. The lowest BCUT2D eigenvalue weighted by molar-refractivity contribution is -0.0940. The minimum absolute atomic E-state index is 0.244. The second-order valence-corrected chi connectivity index (χ2v) is 4.46.